The summed E-state index contributed by atoms with van der Waals surface area (Å²) in [7, 11) is 0. The average molecular weight is 152 g/mol. The van der Waals surface area contributed by atoms with E-state index in [4.69, 9.17) is 5.21 Å². The number of nitrogens with zero attached hydrogens (tertiary/aromatic N) is 1. The van der Waals surface area contributed by atoms with Gasteiger partial charge < -0.3 is 22.5 Å². The lowest BCUT2D eigenvalue weighted by atomic mass is 10.5. The van der Waals surface area contributed by atoms with Gasteiger partial charge in [0.15, 0.2) is 5.12 Å². The van der Waals surface area contributed by atoms with Crippen LogP contribution in [0.15, 0.2) is 0 Å². The molecule has 0 amide bonds. The van der Waals surface area contributed by atoms with E-state index in [2.05, 4.69) is 25.4 Å². The molecule has 0 radical (unpaired) electrons. The number of hydrogen-bond acceptors (Lipinski definition) is 4. The zero-order valence-corrected chi connectivity index (χ0v) is 5.78. The normalized spacial score (nSPS) is 10.0. The van der Waals surface area contributed by atoms with E-state index in [1.54, 1.807) is 0 Å². The van der Waals surface area contributed by atoms with Crippen LogP contribution in [-0.2, 0) is 17.6 Å². The summed E-state index contributed by atoms with van der Waals surface area (Å²) in [6.07, 6.45) is 0.184. The third-order valence-electron chi connectivity index (χ3n) is 0.517. The van der Waals surface area contributed by atoms with Gasteiger partial charge in [0.1, 0.15) is 0 Å². The number of hydroxylamine groups is 1. The van der Waals surface area contributed by atoms with E-state index in [1.165, 1.54) is 0 Å². The third kappa shape index (κ3) is 6.29. The van der Waals surface area contributed by atoms with Gasteiger partial charge in [-0.05, 0) is 0 Å². The second-order valence-corrected chi connectivity index (χ2v) is 2.14. The second kappa shape index (κ2) is 4.20. The molecule has 48 valence electrons. The van der Waals surface area contributed by atoms with Crippen molar-refractivity contribution in [1.29, 1.82) is 0 Å². The van der Waals surface area contributed by atoms with E-state index in [0.29, 0.717) is 4.47 Å². The zero-order valence-electron chi connectivity index (χ0n) is 4.07. The molecular weight excluding hydrogens is 146 g/mol. The highest BCUT2D eigenvalue weighted by Gasteiger charge is 1.90. The summed E-state index contributed by atoms with van der Waals surface area (Å²) < 4.78 is 0.536. The van der Waals surface area contributed by atoms with Crippen LogP contribution in [0.2, 0.25) is 0 Å². The molecule has 0 fully saturated rings. The number of rotatable bonds is 3. The van der Waals surface area contributed by atoms with Crippen molar-refractivity contribution < 1.29 is 10.0 Å². The van der Waals surface area contributed by atoms with E-state index in [0.717, 1.165) is 0 Å². The molecular formula is C3H6NO2S2-. The van der Waals surface area contributed by atoms with Gasteiger partial charge in [0.05, 0.1) is 0 Å². The highest BCUT2D eigenvalue weighted by Crippen LogP contribution is 1.88. The van der Waals surface area contributed by atoms with Crippen molar-refractivity contribution in [3.05, 3.63) is 0 Å². The molecule has 5 heteroatoms. The van der Waals surface area contributed by atoms with Crippen molar-refractivity contribution in [3.63, 3.8) is 0 Å². The van der Waals surface area contributed by atoms with Gasteiger partial charge in [-0.15, -0.1) is 12.6 Å². The number of thiol groups is 1. The van der Waals surface area contributed by atoms with Crippen molar-refractivity contribution in [2.75, 3.05) is 6.54 Å². The number of carbonyl (C=O) groups excluding carboxylic acids is 1. The first-order valence-electron chi connectivity index (χ1n) is 1.98. The minimum atomic E-state index is -0.270. The van der Waals surface area contributed by atoms with Crippen LogP contribution in [0.1, 0.15) is 6.42 Å². The van der Waals surface area contributed by atoms with Crippen LogP contribution >= 0.6 is 12.6 Å². The van der Waals surface area contributed by atoms with E-state index in [9.17, 15) is 4.79 Å². The highest BCUT2D eigenvalue weighted by atomic mass is 32.1. The Bertz CT molecular complexity index is 85.4. The van der Waals surface area contributed by atoms with E-state index in [-0.39, 0.29) is 18.1 Å². The first-order chi connectivity index (χ1) is 3.63. The van der Waals surface area contributed by atoms with Crippen LogP contribution in [0, 0.1) is 0 Å². The quantitative estimate of drug-likeness (QED) is 0.339. The largest absolute Gasteiger partial charge is 0.671 e. The van der Waals surface area contributed by atoms with Crippen molar-refractivity contribution in [2.24, 2.45) is 0 Å². The van der Waals surface area contributed by atoms with E-state index < -0.39 is 0 Å². The lowest BCUT2D eigenvalue weighted by Gasteiger charge is -2.18. The van der Waals surface area contributed by atoms with Crippen molar-refractivity contribution >= 4 is 30.6 Å². The Labute approximate surface area is 58.6 Å². The highest BCUT2D eigenvalue weighted by molar-refractivity contribution is 7.96. The fraction of sp³-hybridized carbons (Fsp3) is 0.667. The Morgan fingerprint density at radius 3 is 2.50 bits per heavy atom. The number of carbonyl (C=O) groups is 1. The van der Waals surface area contributed by atoms with Crippen LogP contribution in [0.5, 0.6) is 0 Å². The maximum atomic E-state index is 10.0. The van der Waals surface area contributed by atoms with Gasteiger partial charge in [-0.3, -0.25) is 4.79 Å². The smallest absolute Gasteiger partial charge is 0.187 e. The Morgan fingerprint density at radius 2 is 2.38 bits per heavy atom. The summed E-state index contributed by atoms with van der Waals surface area (Å²) in [4.78, 5) is 10.0. The lowest BCUT2D eigenvalue weighted by Crippen LogP contribution is -2.13. The molecule has 0 aromatic heterocycles. The van der Waals surface area contributed by atoms with Crippen LogP contribution in [0.4, 0.5) is 0 Å². The predicted octanol–water partition coefficient (Wildman–Crippen LogP) is -0.0140. The first-order valence-corrected chi connectivity index (χ1v) is 2.79. The third-order valence-corrected chi connectivity index (χ3v) is 0.923. The molecule has 3 nitrogen and oxygen atoms in total. The molecule has 0 atom stereocenters. The first kappa shape index (κ1) is 8.29. The summed E-state index contributed by atoms with van der Waals surface area (Å²) >= 11 is 7.65. The molecule has 0 saturated heterocycles. The van der Waals surface area contributed by atoms with E-state index >= 15 is 0 Å². The molecule has 0 aromatic rings. The lowest BCUT2D eigenvalue weighted by molar-refractivity contribution is -0.112. The topological polar surface area (TPSA) is 40.5 Å². The fourth-order valence-corrected chi connectivity index (χ4v) is 0.383. The predicted molar refractivity (Wildman–Crippen MR) is 34.5 cm³/mol. The van der Waals surface area contributed by atoms with E-state index in [1.807, 2.05) is 0 Å². The minimum Gasteiger partial charge on any atom is -0.671 e. The summed E-state index contributed by atoms with van der Waals surface area (Å²) in [5.41, 5.74) is 0. The van der Waals surface area contributed by atoms with Crippen molar-refractivity contribution in [1.82, 2.24) is 4.47 Å². The van der Waals surface area contributed by atoms with Gasteiger partial charge in [0.2, 0.25) is 0 Å². The molecule has 0 aromatic carbocycles. The zero-order chi connectivity index (χ0) is 6.57. The van der Waals surface area contributed by atoms with Crippen LogP contribution in [0.3, 0.4) is 0 Å². The maximum Gasteiger partial charge on any atom is 0.187 e. The molecule has 0 aliphatic carbocycles. The monoisotopic (exact) mass is 152 g/mol. The Hall–Kier alpha value is 0.290. The van der Waals surface area contributed by atoms with Gasteiger partial charge in [-0.2, -0.15) is 0 Å². The van der Waals surface area contributed by atoms with Gasteiger partial charge in [-0.25, -0.2) is 0 Å². The summed E-state index contributed by atoms with van der Waals surface area (Å²) in [6.45, 7) is 0.164. The summed E-state index contributed by atoms with van der Waals surface area (Å²) in [6, 6.07) is 0. The van der Waals surface area contributed by atoms with Crippen molar-refractivity contribution in [2.45, 2.75) is 6.42 Å². The Kier molecular flexibility index (Phi) is 4.35. The molecule has 8 heavy (non-hydrogen) atoms. The summed E-state index contributed by atoms with van der Waals surface area (Å²) in [5.74, 6) is 0. The molecule has 0 saturated carbocycles. The second-order valence-electron chi connectivity index (χ2n) is 1.22. The standard InChI is InChI=1S/C3H6NO2S2/c5-3(7)1-2-4(6)8/h6H,1-2H2,(H,5,7)/q-1. The van der Waals surface area contributed by atoms with Gasteiger partial charge in [0, 0.05) is 13.0 Å². The van der Waals surface area contributed by atoms with Crippen LogP contribution in [-0.4, -0.2) is 21.3 Å². The molecule has 1 N–H and O–H groups in total. The van der Waals surface area contributed by atoms with Crippen molar-refractivity contribution in [3.8, 4) is 0 Å². The van der Waals surface area contributed by atoms with Gasteiger partial charge in [0.25, 0.3) is 0 Å². The van der Waals surface area contributed by atoms with Crippen LogP contribution < -0.4 is 0 Å². The molecule has 0 spiro atoms. The van der Waals surface area contributed by atoms with Crippen LogP contribution in [0.25, 0.3) is 0 Å². The Morgan fingerprint density at radius 1 is 1.88 bits per heavy atom. The molecule has 0 aliphatic heterocycles. The molecule has 0 bridgehead atoms. The minimum absolute atomic E-state index is 0.164. The SMILES string of the molecule is O=C(S)CCN(O)[S-]. The van der Waals surface area contributed by atoms with Gasteiger partial charge in [-0.1, -0.05) is 0 Å². The molecule has 0 heterocycles. The molecule has 0 rings (SSSR count). The Balaban J connectivity index is 3.05. The average Bonchev–Trinajstić information content (AvgIpc) is 1.61. The number of hydrogen-bond donors (Lipinski definition) is 2. The summed E-state index contributed by atoms with van der Waals surface area (Å²) in [5, 5.41) is 7.99. The fourth-order valence-electron chi connectivity index (χ4n) is 0.191. The maximum absolute atomic E-state index is 10.0. The molecule has 0 unspecified atom stereocenters. The molecule has 0 aliphatic rings. The van der Waals surface area contributed by atoms with Gasteiger partial charge >= 0.3 is 0 Å².